The van der Waals surface area contributed by atoms with E-state index in [2.05, 4.69) is 31.3 Å². The molecule has 9 heteroatoms. The number of nitrogens with one attached hydrogen (secondary N) is 3. The van der Waals surface area contributed by atoms with E-state index in [0.29, 0.717) is 12.5 Å². The molecule has 0 saturated carbocycles. The van der Waals surface area contributed by atoms with Crippen LogP contribution < -0.4 is 16.0 Å². The first-order valence-electron chi connectivity index (χ1n) is 9.67. The normalized spacial score (nSPS) is 12.5. The Morgan fingerprint density at radius 1 is 1.23 bits per heavy atom. The molecule has 0 fully saturated rings. The number of carbonyl (C=O) groups is 1. The Morgan fingerprint density at radius 3 is 2.50 bits per heavy atom. The van der Waals surface area contributed by atoms with Crippen molar-refractivity contribution in [2.45, 2.75) is 45.8 Å². The van der Waals surface area contributed by atoms with Crippen molar-refractivity contribution in [1.82, 2.24) is 20.9 Å². The van der Waals surface area contributed by atoms with Crippen molar-refractivity contribution in [3.8, 4) is 0 Å². The molecule has 7 nitrogen and oxygen atoms in total. The summed E-state index contributed by atoms with van der Waals surface area (Å²) in [6.07, 6.45) is 0.374. The lowest BCUT2D eigenvalue weighted by Crippen LogP contribution is -2.44. The molecule has 0 bridgehead atoms. The Kier molecular flexibility index (Phi) is 11.1. The first-order valence-corrected chi connectivity index (χ1v) is 10.5. The van der Waals surface area contributed by atoms with E-state index in [9.17, 15) is 4.79 Å². The maximum absolute atomic E-state index is 12.3. The number of carbonyl (C=O) groups excluding carboxylic acids is 1. The van der Waals surface area contributed by atoms with Gasteiger partial charge in [-0.15, -0.1) is 35.3 Å². The quantitative estimate of drug-likeness (QED) is 0.278. The molecular weight excluding hydrogens is 513 g/mol. The molecule has 166 valence electrons. The number of ether oxygens (including phenoxy) is 1. The maximum Gasteiger partial charge on any atom is 0.408 e. The summed E-state index contributed by atoms with van der Waals surface area (Å²) < 4.78 is 5.41. The van der Waals surface area contributed by atoms with Gasteiger partial charge in [-0.1, -0.05) is 30.3 Å². The predicted molar refractivity (Wildman–Crippen MR) is 134 cm³/mol. The number of guanidine groups is 1. The molecule has 1 aromatic carbocycles. The minimum Gasteiger partial charge on any atom is -0.444 e. The van der Waals surface area contributed by atoms with Crippen LogP contribution in [0.4, 0.5) is 4.79 Å². The molecule has 0 aliphatic carbocycles. The zero-order valence-electron chi connectivity index (χ0n) is 18.2. The molecule has 0 spiro atoms. The fraction of sp³-hybridized carbons (Fsp3) is 0.476. The van der Waals surface area contributed by atoms with E-state index < -0.39 is 11.7 Å². The minimum atomic E-state index is -0.551. The first kappa shape index (κ1) is 26.2. The predicted octanol–water partition coefficient (Wildman–Crippen LogP) is 4.04. The number of aryl methyl sites for hydroxylation is 1. The van der Waals surface area contributed by atoms with Gasteiger partial charge in [0.1, 0.15) is 5.60 Å². The number of hydrogen-bond acceptors (Lipinski definition) is 5. The van der Waals surface area contributed by atoms with Crippen molar-refractivity contribution < 1.29 is 9.53 Å². The molecule has 1 atom stereocenters. The zero-order valence-corrected chi connectivity index (χ0v) is 21.3. The molecular formula is C21H32IN5O2S. The lowest BCUT2D eigenvalue weighted by atomic mass is 10.1. The second-order valence-corrected chi connectivity index (χ2v) is 8.66. The third-order valence-corrected chi connectivity index (χ3v) is 4.75. The topological polar surface area (TPSA) is 87.6 Å². The highest BCUT2D eigenvalue weighted by Crippen LogP contribution is 2.14. The number of thiazole rings is 1. The lowest BCUT2D eigenvalue weighted by molar-refractivity contribution is 0.0504. The first-order chi connectivity index (χ1) is 13.8. The van der Waals surface area contributed by atoms with Crippen LogP contribution in [0.5, 0.6) is 0 Å². The second kappa shape index (κ2) is 12.7. The van der Waals surface area contributed by atoms with Crippen LogP contribution in [0.25, 0.3) is 0 Å². The van der Waals surface area contributed by atoms with E-state index in [1.807, 2.05) is 58.0 Å². The Labute approximate surface area is 200 Å². The Balaban J connectivity index is 0.00000450. The molecule has 2 aromatic rings. The van der Waals surface area contributed by atoms with Gasteiger partial charge in [-0.3, -0.25) is 4.99 Å². The number of nitrogens with zero attached hydrogens (tertiary/aromatic N) is 2. The van der Waals surface area contributed by atoms with Gasteiger partial charge >= 0.3 is 6.09 Å². The SMILES string of the molecule is CN=C(NCCc1csc(C)n1)NCC(NC(=O)OC(C)(C)C)c1ccccc1.I. The van der Waals surface area contributed by atoms with Gasteiger partial charge in [0.05, 0.1) is 16.7 Å². The van der Waals surface area contributed by atoms with E-state index in [1.54, 1.807) is 18.4 Å². The molecule has 2 rings (SSSR count). The average Bonchev–Trinajstić information content (AvgIpc) is 3.07. The summed E-state index contributed by atoms with van der Waals surface area (Å²) in [5, 5.41) is 12.6. The highest BCUT2D eigenvalue weighted by atomic mass is 127. The number of amides is 1. The average molecular weight is 545 g/mol. The van der Waals surface area contributed by atoms with Crippen LogP contribution in [-0.4, -0.2) is 42.8 Å². The van der Waals surface area contributed by atoms with Gasteiger partial charge in [-0.2, -0.15) is 0 Å². The molecule has 30 heavy (non-hydrogen) atoms. The van der Waals surface area contributed by atoms with E-state index >= 15 is 0 Å². The third-order valence-electron chi connectivity index (χ3n) is 3.93. The van der Waals surface area contributed by atoms with Crippen molar-refractivity contribution in [2.24, 2.45) is 4.99 Å². The second-order valence-electron chi connectivity index (χ2n) is 7.60. The molecule has 3 N–H and O–H groups in total. The number of aliphatic imine (C=N–C) groups is 1. The van der Waals surface area contributed by atoms with E-state index in [1.165, 1.54) is 0 Å². The molecule has 1 amide bonds. The Morgan fingerprint density at radius 2 is 1.93 bits per heavy atom. The maximum atomic E-state index is 12.3. The van der Waals surface area contributed by atoms with Crippen molar-refractivity contribution in [1.29, 1.82) is 0 Å². The summed E-state index contributed by atoms with van der Waals surface area (Å²) >= 11 is 1.65. The largest absolute Gasteiger partial charge is 0.444 e. The monoisotopic (exact) mass is 545 g/mol. The molecule has 1 aromatic heterocycles. The van der Waals surface area contributed by atoms with E-state index in [-0.39, 0.29) is 30.0 Å². The number of halogens is 1. The van der Waals surface area contributed by atoms with Crippen LogP contribution in [0, 0.1) is 6.92 Å². The fourth-order valence-electron chi connectivity index (χ4n) is 2.64. The molecule has 0 aliphatic rings. The van der Waals surface area contributed by atoms with E-state index in [0.717, 1.165) is 29.2 Å². The van der Waals surface area contributed by atoms with Crippen LogP contribution in [0.3, 0.4) is 0 Å². The van der Waals surface area contributed by atoms with Gasteiger partial charge in [-0.05, 0) is 33.3 Å². The molecule has 1 unspecified atom stereocenters. The van der Waals surface area contributed by atoms with Crippen molar-refractivity contribution in [3.05, 3.63) is 52.0 Å². The molecule has 0 aliphatic heterocycles. The van der Waals surface area contributed by atoms with Crippen LogP contribution in [-0.2, 0) is 11.2 Å². The number of hydrogen-bond donors (Lipinski definition) is 3. The third kappa shape index (κ3) is 9.75. The Hall–Kier alpha value is -1.88. The summed E-state index contributed by atoms with van der Waals surface area (Å²) in [4.78, 5) is 21.0. The summed E-state index contributed by atoms with van der Waals surface area (Å²) in [7, 11) is 1.72. The standard InChI is InChI=1S/C21H31N5O2S.HI/c1-15-25-17(14-29-15)11-12-23-19(22-5)24-13-18(16-9-7-6-8-10-16)26-20(27)28-21(2,3)4;/h6-10,14,18H,11-13H2,1-5H3,(H,26,27)(H2,22,23,24);1H. The summed E-state index contributed by atoms with van der Waals surface area (Å²) in [6.45, 7) is 8.73. The van der Waals surface area contributed by atoms with Gasteiger partial charge in [0, 0.05) is 31.9 Å². The number of rotatable bonds is 7. The van der Waals surface area contributed by atoms with Gasteiger partial charge < -0.3 is 20.7 Å². The number of aromatic nitrogens is 1. The number of benzene rings is 1. The van der Waals surface area contributed by atoms with Crippen molar-refractivity contribution >= 4 is 47.4 Å². The Bertz CT molecular complexity index is 805. The van der Waals surface area contributed by atoms with Crippen LogP contribution >= 0.6 is 35.3 Å². The number of alkyl carbamates (subject to hydrolysis) is 1. The van der Waals surface area contributed by atoms with Crippen LogP contribution in [0.15, 0.2) is 40.7 Å². The fourth-order valence-corrected chi connectivity index (χ4v) is 3.29. The van der Waals surface area contributed by atoms with Crippen molar-refractivity contribution in [2.75, 3.05) is 20.1 Å². The van der Waals surface area contributed by atoms with Crippen LogP contribution in [0.1, 0.15) is 43.1 Å². The smallest absolute Gasteiger partial charge is 0.408 e. The van der Waals surface area contributed by atoms with Crippen LogP contribution in [0.2, 0.25) is 0 Å². The summed E-state index contributed by atoms with van der Waals surface area (Å²) in [5.41, 5.74) is 1.51. The van der Waals surface area contributed by atoms with Gasteiger partial charge in [0.2, 0.25) is 0 Å². The highest BCUT2D eigenvalue weighted by molar-refractivity contribution is 14.0. The van der Waals surface area contributed by atoms with Gasteiger partial charge in [-0.25, -0.2) is 9.78 Å². The molecule has 0 saturated heterocycles. The summed E-state index contributed by atoms with van der Waals surface area (Å²) in [5.74, 6) is 0.670. The van der Waals surface area contributed by atoms with Gasteiger partial charge in [0.25, 0.3) is 0 Å². The minimum absolute atomic E-state index is 0. The molecule has 1 heterocycles. The van der Waals surface area contributed by atoms with Crippen molar-refractivity contribution in [3.63, 3.8) is 0 Å². The van der Waals surface area contributed by atoms with Gasteiger partial charge in [0.15, 0.2) is 5.96 Å². The highest BCUT2D eigenvalue weighted by Gasteiger charge is 2.20. The summed E-state index contributed by atoms with van der Waals surface area (Å²) in [6, 6.07) is 9.53. The van der Waals surface area contributed by atoms with E-state index in [4.69, 9.17) is 4.74 Å². The zero-order chi connectivity index (χ0) is 21.3. The molecule has 0 radical (unpaired) electrons. The lowest BCUT2D eigenvalue weighted by Gasteiger charge is -2.24.